The number of carbonyl (C=O) groups is 1. The number of amides is 1. The van der Waals surface area contributed by atoms with E-state index >= 15 is 0 Å². The number of nitrogens with zero attached hydrogens (tertiary/aromatic N) is 1. The number of hydrogen-bond donors (Lipinski definition) is 0. The van der Waals surface area contributed by atoms with Gasteiger partial charge in [-0.2, -0.15) is 0 Å². The Morgan fingerprint density at radius 3 is 2.06 bits per heavy atom. The van der Waals surface area contributed by atoms with Crippen molar-refractivity contribution in [2.45, 2.75) is 47.2 Å². The van der Waals surface area contributed by atoms with Crippen LogP contribution in [0.15, 0.2) is 30.3 Å². The van der Waals surface area contributed by atoms with E-state index in [9.17, 15) is 4.79 Å². The minimum Gasteiger partial charge on any atom is -0.335 e. The van der Waals surface area contributed by atoms with Gasteiger partial charge in [0.1, 0.15) is 0 Å². The molecule has 18 heavy (non-hydrogen) atoms. The van der Waals surface area contributed by atoms with Crippen molar-refractivity contribution in [3.8, 4) is 0 Å². The van der Waals surface area contributed by atoms with Crippen LogP contribution in [-0.4, -0.2) is 16.8 Å². The van der Waals surface area contributed by atoms with Crippen LogP contribution in [0.4, 0.5) is 0 Å². The van der Waals surface area contributed by atoms with Gasteiger partial charge in [0.2, 0.25) is 5.91 Å². The molecule has 0 N–H and O–H groups in total. The van der Waals surface area contributed by atoms with E-state index in [1.54, 1.807) is 0 Å². The fraction of sp³-hybridized carbons (Fsp3) is 0.562. The van der Waals surface area contributed by atoms with Gasteiger partial charge in [-0.3, -0.25) is 4.79 Å². The normalized spacial score (nSPS) is 12.8. The highest BCUT2D eigenvalue weighted by Gasteiger charge is 2.24. The highest BCUT2D eigenvalue weighted by molar-refractivity contribution is 5.78. The second-order valence-electron chi connectivity index (χ2n) is 5.59. The third-order valence-electron chi connectivity index (χ3n) is 3.43. The van der Waals surface area contributed by atoms with Gasteiger partial charge in [-0.05, 0) is 18.4 Å². The van der Waals surface area contributed by atoms with E-state index in [-0.39, 0.29) is 17.9 Å². The molecule has 0 aliphatic carbocycles. The molecule has 1 amide bonds. The summed E-state index contributed by atoms with van der Waals surface area (Å²) in [7, 11) is 0. The van der Waals surface area contributed by atoms with Crippen molar-refractivity contribution in [1.29, 1.82) is 0 Å². The van der Waals surface area contributed by atoms with Crippen LogP contribution in [0.2, 0.25) is 0 Å². The molecule has 0 heterocycles. The number of carbonyl (C=O) groups excluding carboxylic acids is 1. The van der Waals surface area contributed by atoms with Gasteiger partial charge in [0.05, 0.1) is 0 Å². The van der Waals surface area contributed by atoms with Crippen LogP contribution < -0.4 is 0 Å². The summed E-state index contributed by atoms with van der Waals surface area (Å²) in [6.45, 7) is 11.1. The highest BCUT2D eigenvalue weighted by Crippen LogP contribution is 2.17. The SMILES string of the molecule is CC(C)C(=O)N(Cc1ccccc1)C(C)C(C)C. The summed E-state index contributed by atoms with van der Waals surface area (Å²) in [6.07, 6.45) is 0. The van der Waals surface area contributed by atoms with Crippen molar-refractivity contribution in [3.05, 3.63) is 35.9 Å². The summed E-state index contributed by atoms with van der Waals surface area (Å²) in [5.74, 6) is 0.756. The summed E-state index contributed by atoms with van der Waals surface area (Å²) in [6, 6.07) is 10.5. The molecule has 0 aromatic heterocycles. The number of rotatable bonds is 5. The average molecular weight is 247 g/mol. The van der Waals surface area contributed by atoms with Crippen molar-refractivity contribution >= 4 is 5.91 Å². The van der Waals surface area contributed by atoms with Crippen LogP contribution in [0.25, 0.3) is 0 Å². The largest absolute Gasteiger partial charge is 0.335 e. The lowest BCUT2D eigenvalue weighted by molar-refractivity contribution is -0.138. The Balaban J connectivity index is 2.88. The molecule has 0 radical (unpaired) electrons. The van der Waals surface area contributed by atoms with Gasteiger partial charge >= 0.3 is 0 Å². The second-order valence-corrected chi connectivity index (χ2v) is 5.59. The monoisotopic (exact) mass is 247 g/mol. The van der Waals surface area contributed by atoms with Crippen LogP contribution in [0, 0.1) is 11.8 Å². The molecular weight excluding hydrogens is 222 g/mol. The van der Waals surface area contributed by atoms with Crippen LogP contribution in [-0.2, 0) is 11.3 Å². The van der Waals surface area contributed by atoms with E-state index in [4.69, 9.17) is 0 Å². The molecule has 2 nitrogen and oxygen atoms in total. The first-order chi connectivity index (χ1) is 8.43. The maximum atomic E-state index is 12.3. The molecule has 1 aromatic carbocycles. The summed E-state index contributed by atoms with van der Waals surface area (Å²) >= 11 is 0. The summed E-state index contributed by atoms with van der Waals surface area (Å²) in [4.78, 5) is 14.3. The molecule has 100 valence electrons. The standard InChI is InChI=1S/C16H25NO/c1-12(2)14(5)17(16(18)13(3)4)11-15-9-7-6-8-10-15/h6-10,12-14H,11H2,1-5H3. The Morgan fingerprint density at radius 1 is 1.06 bits per heavy atom. The Morgan fingerprint density at radius 2 is 1.61 bits per heavy atom. The van der Waals surface area contributed by atoms with Crippen molar-refractivity contribution in [2.75, 3.05) is 0 Å². The van der Waals surface area contributed by atoms with Gasteiger partial charge in [-0.25, -0.2) is 0 Å². The smallest absolute Gasteiger partial charge is 0.225 e. The molecule has 0 saturated heterocycles. The van der Waals surface area contributed by atoms with Crippen molar-refractivity contribution in [2.24, 2.45) is 11.8 Å². The van der Waals surface area contributed by atoms with Gasteiger partial charge in [0.15, 0.2) is 0 Å². The Bertz CT molecular complexity index is 370. The molecule has 0 aliphatic heterocycles. The predicted octanol–water partition coefficient (Wildman–Crippen LogP) is 3.72. The van der Waals surface area contributed by atoms with Gasteiger partial charge in [-0.15, -0.1) is 0 Å². The van der Waals surface area contributed by atoms with Crippen LogP contribution in [0.3, 0.4) is 0 Å². The zero-order valence-electron chi connectivity index (χ0n) is 12.2. The minimum atomic E-state index is 0.0508. The Kier molecular flexibility index (Phi) is 5.39. The highest BCUT2D eigenvalue weighted by atomic mass is 16.2. The molecule has 0 fully saturated rings. The van der Waals surface area contributed by atoms with Crippen molar-refractivity contribution < 1.29 is 4.79 Å². The third kappa shape index (κ3) is 3.86. The number of benzene rings is 1. The van der Waals surface area contributed by atoms with Crippen LogP contribution in [0.5, 0.6) is 0 Å². The maximum absolute atomic E-state index is 12.3. The zero-order chi connectivity index (χ0) is 13.7. The first-order valence-electron chi connectivity index (χ1n) is 6.78. The molecule has 1 rings (SSSR count). The van der Waals surface area contributed by atoms with E-state index in [1.165, 1.54) is 5.56 Å². The lowest BCUT2D eigenvalue weighted by Gasteiger charge is -2.33. The third-order valence-corrected chi connectivity index (χ3v) is 3.43. The van der Waals surface area contributed by atoms with Gasteiger partial charge < -0.3 is 4.90 Å². The fourth-order valence-corrected chi connectivity index (χ4v) is 1.89. The van der Waals surface area contributed by atoms with E-state index in [2.05, 4.69) is 32.9 Å². The van der Waals surface area contributed by atoms with Gasteiger partial charge in [0, 0.05) is 18.5 Å². The quantitative estimate of drug-likeness (QED) is 0.776. The van der Waals surface area contributed by atoms with Crippen LogP contribution in [0.1, 0.15) is 40.2 Å². The fourth-order valence-electron chi connectivity index (χ4n) is 1.89. The topological polar surface area (TPSA) is 20.3 Å². The molecule has 0 bridgehead atoms. The molecule has 0 saturated carbocycles. The van der Waals surface area contributed by atoms with E-state index < -0.39 is 0 Å². The molecule has 1 aromatic rings. The average Bonchev–Trinajstić information content (AvgIpc) is 2.35. The Labute approximate surface area is 111 Å². The van der Waals surface area contributed by atoms with Crippen molar-refractivity contribution in [1.82, 2.24) is 4.90 Å². The summed E-state index contributed by atoms with van der Waals surface area (Å²) in [5, 5.41) is 0. The first-order valence-corrected chi connectivity index (χ1v) is 6.78. The predicted molar refractivity (Wildman–Crippen MR) is 76.1 cm³/mol. The Hall–Kier alpha value is -1.31. The molecular formula is C16H25NO. The second kappa shape index (κ2) is 6.58. The molecule has 0 spiro atoms. The molecule has 1 atom stereocenters. The molecule has 2 heteroatoms. The van der Waals surface area contributed by atoms with Gasteiger partial charge in [0.25, 0.3) is 0 Å². The lowest BCUT2D eigenvalue weighted by atomic mass is 10.0. The molecule has 0 aliphatic rings. The zero-order valence-corrected chi connectivity index (χ0v) is 12.2. The lowest BCUT2D eigenvalue weighted by Crippen LogP contribution is -2.43. The minimum absolute atomic E-state index is 0.0508. The van der Waals surface area contributed by atoms with Gasteiger partial charge in [-0.1, -0.05) is 58.0 Å². The van der Waals surface area contributed by atoms with Crippen molar-refractivity contribution in [3.63, 3.8) is 0 Å². The first kappa shape index (κ1) is 14.7. The van der Waals surface area contributed by atoms with E-state index in [1.807, 2.05) is 36.9 Å². The van der Waals surface area contributed by atoms with E-state index in [0.29, 0.717) is 12.5 Å². The molecule has 1 unspecified atom stereocenters. The number of hydrogen-bond acceptors (Lipinski definition) is 1. The van der Waals surface area contributed by atoms with E-state index in [0.717, 1.165) is 0 Å². The van der Waals surface area contributed by atoms with Crippen LogP contribution >= 0.6 is 0 Å². The summed E-state index contributed by atoms with van der Waals surface area (Å²) < 4.78 is 0. The maximum Gasteiger partial charge on any atom is 0.225 e. The summed E-state index contributed by atoms with van der Waals surface area (Å²) in [5.41, 5.74) is 1.19.